The molecule has 0 saturated carbocycles. The van der Waals surface area contributed by atoms with Crippen molar-refractivity contribution in [3.8, 4) is 5.75 Å². The molecule has 20 heavy (non-hydrogen) atoms. The summed E-state index contributed by atoms with van der Waals surface area (Å²) in [4.78, 5) is 27.5. The lowest BCUT2D eigenvalue weighted by molar-refractivity contribution is -0.128. The summed E-state index contributed by atoms with van der Waals surface area (Å²) < 4.78 is 5.21. The molecule has 2 N–H and O–H groups in total. The zero-order valence-electron chi connectivity index (χ0n) is 11.5. The number of aliphatic hydroxyl groups is 1. The number of nitrogens with one attached hydrogen (secondary N) is 1. The molecule has 1 aromatic rings. The van der Waals surface area contributed by atoms with Crippen molar-refractivity contribution in [2.24, 2.45) is 0 Å². The van der Waals surface area contributed by atoms with Gasteiger partial charge in [-0.2, -0.15) is 0 Å². The van der Waals surface area contributed by atoms with E-state index in [1.165, 1.54) is 23.3 Å². The van der Waals surface area contributed by atoms with Gasteiger partial charge in [-0.15, -0.1) is 11.3 Å². The number of nitrogens with zero attached hydrogens (tertiary/aromatic N) is 1. The van der Waals surface area contributed by atoms with Gasteiger partial charge in [0.15, 0.2) is 0 Å². The Kier molecular flexibility index (Phi) is 4.61. The van der Waals surface area contributed by atoms with Gasteiger partial charge in [0.05, 0.1) is 7.11 Å². The Bertz CT molecular complexity index is 514. The summed E-state index contributed by atoms with van der Waals surface area (Å²) in [6, 6.07) is 1.19. The number of ether oxygens (including phenoxy) is 1. The predicted molar refractivity (Wildman–Crippen MR) is 75.1 cm³/mol. The topological polar surface area (TPSA) is 78.9 Å². The van der Waals surface area contributed by atoms with Gasteiger partial charge in [-0.3, -0.25) is 9.59 Å². The fourth-order valence-electron chi connectivity index (χ4n) is 2.29. The number of hydrogen-bond donors (Lipinski definition) is 2. The number of thiophene rings is 1. The van der Waals surface area contributed by atoms with Crippen molar-refractivity contribution in [3.05, 3.63) is 15.8 Å². The first kappa shape index (κ1) is 14.8. The maximum atomic E-state index is 12.6. The van der Waals surface area contributed by atoms with E-state index in [2.05, 4.69) is 5.32 Å². The number of rotatable bonds is 4. The molecule has 1 fully saturated rings. The first-order valence-electron chi connectivity index (χ1n) is 6.42. The van der Waals surface area contributed by atoms with Crippen molar-refractivity contribution >= 4 is 23.2 Å². The second kappa shape index (κ2) is 6.23. The first-order chi connectivity index (χ1) is 9.58. The van der Waals surface area contributed by atoms with Crippen LogP contribution in [-0.2, 0) is 4.79 Å². The number of aliphatic hydroxyl groups excluding tert-OH is 1. The largest absolute Gasteiger partial charge is 0.495 e. The van der Waals surface area contributed by atoms with Gasteiger partial charge in [-0.1, -0.05) is 0 Å². The lowest BCUT2D eigenvalue weighted by Crippen LogP contribution is -2.57. The third kappa shape index (κ3) is 2.78. The molecule has 0 radical (unpaired) electrons. The quantitative estimate of drug-likeness (QED) is 0.843. The summed E-state index contributed by atoms with van der Waals surface area (Å²) in [5.41, 5.74) is 0. The van der Waals surface area contributed by atoms with E-state index in [1.54, 1.807) is 0 Å². The molecule has 1 aromatic heterocycles. The van der Waals surface area contributed by atoms with E-state index < -0.39 is 6.04 Å². The predicted octanol–water partition coefficient (Wildman–Crippen LogP) is 0.388. The molecule has 1 aliphatic rings. The van der Waals surface area contributed by atoms with E-state index in [0.29, 0.717) is 23.7 Å². The molecule has 0 bridgehead atoms. The van der Waals surface area contributed by atoms with Gasteiger partial charge in [0.1, 0.15) is 16.7 Å². The van der Waals surface area contributed by atoms with Gasteiger partial charge in [0.25, 0.3) is 5.91 Å². The summed E-state index contributed by atoms with van der Waals surface area (Å²) in [5, 5.41) is 11.8. The second-order valence-corrected chi connectivity index (χ2v) is 5.83. The van der Waals surface area contributed by atoms with Gasteiger partial charge in [-0.05, 0) is 19.4 Å². The third-order valence-corrected chi connectivity index (χ3v) is 4.25. The highest BCUT2D eigenvalue weighted by Gasteiger charge is 2.34. The summed E-state index contributed by atoms with van der Waals surface area (Å²) in [6.07, 6.45) is 0.240. The summed E-state index contributed by atoms with van der Waals surface area (Å²) in [5.74, 6) is 0.102. The molecular formula is C13H18N2O4S. The molecule has 6 nitrogen and oxygen atoms in total. The van der Waals surface area contributed by atoms with Crippen molar-refractivity contribution in [2.75, 3.05) is 26.8 Å². The van der Waals surface area contributed by atoms with Crippen molar-refractivity contribution in [1.82, 2.24) is 10.2 Å². The second-order valence-electron chi connectivity index (χ2n) is 4.57. The minimum atomic E-state index is -0.617. The van der Waals surface area contributed by atoms with Crippen LogP contribution in [0.5, 0.6) is 5.75 Å². The minimum absolute atomic E-state index is 0.136. The van der Waals surface area contributed by atoms with Crippen molar-refractivity contribution in [3.63, 3.8) is 0 Å². The number of hydrogen-bond acceptors (Lipinski definition) is 5. The van der Waals surface area contributed by atoms with E-state index in [9.17, 15) is 9.59 Å². The van der Waals surface area contributed by atoms with Crippen LogP contribution in [0.3, 0.4) is 0 Å². The number of aryl methyl sites for hydroxylation is 1. The van der Waals surface area contributed by atoms with Crippen LogP contribution >= 0.6 is 11.3 Å². The lowest BCUT2D eigenvalue weighted by Gasteiger charge is -2.34. The van der Waals surface area contributed by atoms with Crippen LogP contribution in [0, 0.1) is 6.92 Å². The first-order valence-corrected chi connectivity index (χ1v) is 7.24. The van der Waals surface area contributed by atoms with Crippen molar-refractivity contribution < 1.29 is 19.4 Å². The fourth-order valence-corrected chi connectivity index (χ4v) is 3.22. The maximum absolute atomic E-state index is 12.6. The monoisotopic (exact) mass is 298 g/mol. The molecule has 7 heteroatoms. The Morgan fingerprint density at radius 1 is 1.65 bits per heavy atom. The fraction of sp³-hybridized carbons (Fsp3) is 0.538. The Morgan fingerprint density at radius 2 is 2.40 bits per heavy atom. The highest BCUT2D eigenvalue weighted by molar-refractivity contribution is 7.14. The zero-order valence-corrected chi connectivity index (χ0v) is 12.3. The van der Waals surface area contributed by atoms with E-state index in [-0.39, 0.29) is 24.8 Å². The molecule has 0 aliphatic carbocycles. The average Bonchev–Trinajstić information content (AvgIpc) is 2.81. The van der Waals surface area contributed by atoms with E-state index in [1.807, 2.05) is 13.0 Å². The van der Waals surface area contributed by atoms with Crippen LogP contribution in [0.15, 0.2) is 6.07 Å². The molecular weight excluding hydrogens is 280 g/mol. The smallest absolute Gasteiger partial charge is 0.268 e. The molecule has 0 unspecified atom stereocenters. The molecule has 1 atom stereocenters. The average molecular weight is 298 g/mol. The highest BCUT2D eigenvalue weighted by Crippen LogP contribution is 2.30. The summed E-state index contributed by atoms with van der Waals surface area (Å²) >= 11 is 1.35. The van der Waals surface area contributed by atoms with Crippen LogP contribution in [0.2, 0.25) is 0 Å². The number of carbonyl (C=O) groups excluding carboxylic acids is 2. The standard InChI is InChI=1S/C13H18N2O4S/c1-8-7-10(19-2)11(20-8)13(18)15-5-4-14-12(17)9(15)3-6-16/h7,9,16H,3-6H2,1-2H3,(H,14,17)/t9-/m1/s1. The summed E-state index contributed by atoms with van der Waals surface area (Å²) in [6.45, 7) is 2.63. The van der Waals surface area contributed by atoms with E-state index in [4.69, 9.17) is 9.84 Å². The lowest BCUT2D eigenvalue weighted by atomic mass is 10.1. The molecule has 1 saturated heterocycles. The number of piperazine rings is 1. The summed E-state index contributed by atoms with van der Waals surface area (Å²) in [7, 11) is 1.52. The Morgan fingerprint density at radius 3 is 3.05 bits per heavy atom. The highest BCUT2D eigenvalue weighted by atomic mass is 32.1. The van der Waals surface area contributed by atoms with Crippen LogP contribution in [0.25, 0.3) is 0 Å². The molecule has 110 valence electrons. The Labute approximate surface area is 121 Å². The van der Waals surface area contributed by atoms with Crippen LogP contribution in [-0.4, -0.2) is 54.7 Å². The Balaban J connectivity index is 2.27. The normalized spacial score (nSPS) is 18.9. The minimum Gasteiger partial charge on any atom is -0.495 e. The Hall–Kier alpha value is -1.60. The van der Waals surface area contributed by atoms with Gasteiger partial charge >= 0.3 is 0 Å². The van der Waals surface area contributed by atoms with E-state index in [0.717, 1.165) is 4.88 Å². The van der Waals surface area contributed by atoms with Gasteiger partial charge in [-0.25, -0.2) is 0 Å². The van der Waals surface area contributed by atoms with E-state index >= 15 is 0 Å². The third-order valence-electron chi connectivity index (χ3n) is 3.23. The van der Waals surface area contributed by atoms with Crippen LogP contribution in [0.1, 0.15) is 21.0 Å². The molecule has 0 aromatic carbocycles. The van der Waals surface area contributed by atoms with Crippen molar-refractivity contribution in [1.29, 1.82) is 0 Å². The number of amides is 2. The molecule has 0 spiro atoms. The van der Waals surface area contributed by atoms with Crippen molar-refractivity contribution in [2.45, 2.75) is 19.4 Å². The number of carbonyl (C=O) groups is 2. The van der Waals surface area contributed by atoms with Crippen LogP contribution < -0.4 is 10.1 Å². The number of methoxy groups -OCH3 is 1. The SMILES string of the molecule is COc1cc(C)sc1C(=O)N1CCNC(=O)[C@H]1CCO. The van der Waals surface area contributed by atoms with Gasteiger partial charge in [0, 0.05) is 24.6 Å². The molecule has 1 aliphatic heterocycles. The van der Waals surface area contributed by atoms with Crippen LogP contribution in [0.4, 0.5) is 0 Å². The zero-order chi connectivity index (χ0) is 14.7. The van der Waals surface area contributed by atoms with Gasteiger partial charge < -0.3 is 20.1 Å². The molecule has 2 rings (SSSR count). The molecule has 2 heterocycles. The molecule has 2 amide bonds. The van der Waals surface area contributed by atoms with Gasteiger partial charge in [0.2, 0.25) is 5.91 Å². The maximum Gasteiger partial charge on any atom is 0.268 e.